The zero-order chi connectivity index (χ0) is 16.9. The van der Waals surface area contributed by atoms with Crippen LogP contribution in [0, 0.1) is 6.92 Å². The van der Waals surface area contributed by atoms with Crippen molar-refractivity contribution < 1.29 is 13.5 Å². The molecule has 8 heteroatoms. The molecule has 0 saturated heterocycles. The Morgan fingerprint density at radius 3 is 2.67 bits per heavy atom. The van der Waals surface area contributed by atoms with E-state index in [9.17, 15) is 8.78 Å². The van der Waals surface area contributed by atoms with E-state index in [2.05, 4.69) is 20.3 Å². The van der Waals surface area contributed by atoms with E-state index in [-0.39, 0.29) is 5.75 Å². The van der Waals surface area contributed by atoms with Gasteiger partial charge in [0.15, 0.2) is 0 Å². The largest absolute Gasteiger partial charge is 0.435 e. The third kappa shape index (κ3) is 4.08. The highest BCUT2D eigenvalue weighted by Gasteiger charge is 2.10. The zero-order valence-corrected chi connectivity index (χ0v) is 13.6. The minimum Gasteiger partial charge on any atom is -0.435 e. The first-order chi connectivity index (χ1) is 11.6. The van der Waals surface area contributed by atoms with Crippen LogP contribution in [0.2, 0.25) is 0 Å². The molecule has 0 amide bonds. The maximum atomic E-state index is 12.1. The molecule has 0 bridgehead atoms. The summed E-state index contributed by atoms with van der Waals surface area (Å²) < 4.78 is 30.3. The van der Waals surface area contributed by atoms with Gasteiger partial charge in [0, 0.05) is 5.75 Å². The summed E-state index contributed by atoms with van der Waals surface area (Å²) in [6.45, 7) is -0.812. The van der Waals surface area contributed by atoms with E-state index < -0.39 is 6.61 Å². The Morgan fingerprint density at radius 1 is 1.17 bits per heavy atom. The van der Waals surface area contributed by atoms with Crippen molar-refractivity contribution in [2.75, 3.05) is 0 Å². The second-order valence-corrected chi connectivity index (χ2v) is 5.97. The van der Waals surface area contributed by atoms with Crippen molar-refractivity contribution in [1.29, 1.82) is 0 Å². The maximum absolute atomic E-state index is 12.1. The lowest BCUT2D eigenvalue weighted by molar-refractivity contribution is -0.0498. The Bertz CT molecular complexity index is 808. The van der Waals surface area contributed by atoms with Crippen molar-refractivity contribution in [3.05, 3.63) is 59.7 Å². The number of aryl methyl sites for hydroxylation is 1. The maximum Gasteiger partial charge on any atom is 0.387 e. The lowest BCUT2D eigenvalue weighted by Crippen LogP contribution is -2.01. The standard InChI is InChI=1S/C16H14F2N4OS/c1-11-3-2-4-13(9-11)22-16(19-20-21-22)24-10-12-5-7-14(8-6-12)23-15(17)18/h2-9,15H,10H2,1H3. The SMILES string of the molecule is Cc1cccc(-n2nnnc2SCc2ccc(OC(F)F)cc2)c1. The molecule has 0 aliphatic rings. The van der Waals surface area contributed by atoms with E-state index in [1.807, 2.05) is 31.2 Å². The van der Waals surface area contributed by atoms with Crippen LogP contribution in [0.3, 0.4) is 0 Å². The third-order valence-corrected chi connectivity index (χ3v) is 4.19. The first-order valence-corrected chi connectivity index (χ1v) is 8.12. The molecule has 0 aliphatic carbocycles. The number of nitrogens with zero attached hydrogens (tertiary/aromatic N) is 4. The van der Waals surface area contributed by atoms with Crippen molar-refractivity contribution in [3.63, 3.8) is 0 Å². The fraction of sp³-hybridized carbons (Fsp3) is 0.188. The third-order valence-electron chi connectivity index (χ3n) is 3.20. The van der Waals surface area contributed by atoms with E-state index in [0.29, 0.717) is 10.9 Å². The van der Waals surface area contributed by atoms with Gasteiger partial charge >= 0.3 is 6.61 Å². The minimum absolute atomic E-state index is 0.142. The molecule has 0 radical (unpaired) electrons. The Hall–Kier alpha value is -2.48. The number of hydrogen-bond donors (Lipinski definition) is 0. The first kappa shape index (κ1) is 16.4. The summed E-state index contributed by atoms with van der Waals surface area (Å²) in [5, 5.41) is 12.4. The van der Waals surface area contributed by atoms with Gasteiger partial charge < -0.3 is 4.74 Å². The van der Waals surface area contributed by atoms with Gasteiger partial charge in [0.2, 0.25) is 5.16 Å². The molecule has 0 N–H and O–H groups in total. The molecule has 3 aromatic rings. The van der Waals surface area contributed by atoms with Gasteiger partial charge in [-0.25, -0.2) is 0 Å². The summed E-state index contributed by atoms with van der Waals surface area (Å²) in [6, 6.07) is 14.4. The second kappa shape index (κ2) is 7.39. The van der Waals surface area contributed by atoms with Crippen molar-refractivity contribution in [1.82, 2.24) is 20.2 Å². The van der Waals surface area contributed by atoms with Gasteiger partial charge in [0.25, 0.3) is 0 Å². The fourth-order valence-electron chi connectivity index (χ4n) is 2.11. The summed E-state index contributed by atoms with van der Waals surface area (Å²) in [7, 11) is 0. The quantitative estimate of drug-likeness (QED) is 0.633. The number of hydrogen-bond acceptors (Lipinski definition) is 5. The number of aromatic nitrogens is 4. The van der Waals surface area contributed by atoms with Crippen LogP contribution in [0.15, 0.2) is 53.7 Å². The second-order valence-electron chi connectivity index (χ2n) is 5.02. The number of ether oxygens (including phenoxy) is 1. The summed E-state index contributed by atoms with van der Waals surface area (Å²) in [5.41, 5.74) is 2.97. The molecular formula is C16H14F2N4OS. The van der Waals surface area contributed by atoms with Crippen LogP contribution < -0.4 is 4.74 Å². The number of alkyl halides is 2. The van der Waals surface area contributed by atoms with Crippen LogP contribution in [0.5, 0.6) is 5.75 Å². The summed E-state index contributed by atoms with van der Waals surface area (Å²) in [4.78, 5) is 0. The molecule has 124 valence electrons. The van der Waals surface area contributed by atoms with Crippen LogP contribution in [0.25, 0.3) is 5.69 Å². The number of halogens is 2. The van der Waals surface area contributed by atoms with Gasteiger partial charge in [-0.3, -0.25) is 0 Å². The Kier molecular flexibility index (Phi) is 5.05. The molecular weight excluding hydrogens is 334 g/mol. The van der Waals surface area contributed by atoms with Gasteiger partial charge in [-0.15, -0.1) is 5.10 Å². The smallest absolute Gasteiger partial charge is 0.387 e. The van der Waals surface area contributed by atoms with E-state index >= 15 is 0 Å². The molecule has 3 rings (SSSR count). The highest BCUT2D eigenvalue weighted by molar-refractivity contribution is 7.98. The minimum atomic E-state index is -2.82. The first-order valence-electron chi connectivity index (χ1n) is 7.14. The average molecular weight is 348 g/mol. The fourth-order valence-corrected chi connectivity index (χ4v) is 2.95. The molecule has 2 aromatic carbocycles. The van der Waals surface area contributed by atoms with Gasteiger partial charge in [-0.2, -0.15) is 13.5 Å². The van der Waals surface area contributed by atoms with E-state index in [1.165, 1.54) is 23.9 Å². The number of tetrazole rings is 1. The van der Waals surface area contributed by atoms with Gasteiger partial charge in [0.1, 0.15) is 5.75 Å². The number of thioether (sulfide) groups is 1. The summed E-state index contributed by atoms with van der Waals surface area (Å²) in [5.74, 6) is 0.754. The molecule has 0 fully saturated rings. The predicted molar refractivity (Wildman–Crippen MR) is 86.5 cm³/mol. The molecule has 0 aliphatic heterocycles. The molecule has 1 aromatic heterocycles. The number of benzene rings is 2. The van der Waals surface area contributed by atoms with Crippen molar-refractivity contribution in [2.24, 2.45) is 0 Å². The Balaban J connectivity index is 1.68. The van der Waals surface area contributed by atoms with Gasteiger partial charge in [0.05, 0.1) is 5.69 Å². The topological polar surface area (TPSA) is 52.8 Å². The Labute approximate surface area is 141 Å². The predicted octanol–water partition coefficient (Wildman–Crippen LogP) is 3.86. The van der Waals surface area contributed by atoms with Gasteiger partial charge in [-0.05, 0) is 52.7 Å². The van der Waals surface area contributed by atoms with E-state index in [1.54, 1.807) is 16.8 Å². The monoisotopic (exact) mass is 348 g/mol. The van der Waals surface area contributed by atoms with Gasteiger partial charge in [-0.1, -0.05) is 36.0 Å². The van der Waals surface area contributed by atoms with Crippen LogP contribution >= 0.6 is 11.8 Å². The molecule has 0 atom stereocenters. The Morgan fingerprint density at radius 2 is 1.96 bits per heavy atom. The van der Waals surface area contributed by atoms with Crippen LogP contribution in [0.4, 0.5) is 8.78 Å². The summed E-state index contributed by atoms with van der Waals surface area (Å²) >= 11 is 1.47. The summed E-state index contributed by atoms with van der Waals surface area (Å²) in [6.07, 6.45) is 0. The van der Waals surface area contributed by atoms with Crippen LogP contribution in [0.1, 0.15) is 11.1 Å². The van der Waals surface area contributed by atoms with Crippen LogP contribution in [-0.2, 0) is 5.75 Å². The highest BCUT2D eigenvalue weighted by atomic mass is 32.2. The molecule has 24 heavy (non-hydrogen) atoms. The average Bonchev–Trinajstić information content (AvgIpc) is 3.02. The molecule has 5 nitrogen and oxygen atoms in total. The van der Waals surface area contributed by atoms with Crippen LogP contribution in [-0.4, -0.2) is 26.8 Å². The highest BCUT2D eigenvalue weighted by Crippen LogP contribution is 2.24. The molecule has 0 spiro atoms. The zero-order valence-electron chi connectivity index (χ0n) is 12.8. The van der Waals surface area contributed by atoms with E-state index in [4.69, 9.17) is 0 Å². The molecule has 1 heterocycles. The lowest BCUT2D eigenvalue weighted by Gasteiger charge is -2.06. The van der Waals surface area contributed by atoms with Crippen molar-refractivity contribution in [3.8, 4) is 11.4 Å². The van der Waals surface area contributed by atoms with Crippen molar-refractivity contribution >= 4 is 11.8 Å². The number of rotatable bonds is 6. The molecule has 0 unspecified atom stereocenters. The lowest BCUT2D eigenvalue weighted by atomic mass is 10.2. The normalized spacial score (nSPS) is 11.0. The van der Waals surface area contributed by atoms with Crippen molar-refractivity contribution in [2.45, 2.75) is 24.4 Å². The molecule has 0 saturated carbocycles. The van der Waals surface area contributed by atoms with E-state index in [0.717, 1.165) is 16.8 Å².